The van der Waals surface area contributed by atoms with Crippen molar-refractivity contribution < 1.29 is 48.5 Å². The number of carbonyl (C=O) groups excluding carboxylic acids is 1. The molecular formula is C30H30F7N3O4S. The smallest absolute Gasteiger partial charge is 0.357 e. The van der Waals surface area contributed by atoms with E-state index in [0.717, 1.165) is 4.90 Å². The third-order valence-corrected chi connectivity index (χ3v) is 9.36. The summed E-state index contributed by atoms with van der Waals surface area (Å²) < 4.78 is 128. The Morgan fingerprint density at radius 2 is 1.44 bits per heavy atom. The summed E-state index contributed by atoms with van der Waals surface area (Å²) in [4.78, 5) is 21.2. The molecule has 2 heterocycles. The van der Waals surface area contributed by atoms with Crippen molar-refractivity contribution in [2.24, 2.45) is 0 Å². The minimum atomic E-state index is -5.11. The highest BCUT2D eigenvalue weighted by Gasteiger charge is 2.41. The average molecular weight is 662 g/mol. The summed E-state index contributed by atoms with van der Waals surface area (Å²) in [5, 5.41) is -0.938. The SMILES string of the molecule is Cc1cc(F)ccc1-c1cc(N2CCC(S(=O)(=O)O)CC2)ncc1N(C)C(=O)C(C)(C)c1cc(C(F)(F)F)cc(C(F)(F)F)c1. The van der Waals surface area contributed by atoms with Gasteiger partial charge in [-0.25, -0.2) is 9.37 Å². The third kappa shape index (κ3) is 7.24. The molecule has 4 rings (SSSR count). The van der Waals surface area contributed by atoms with Crippen molar-refractivity contribution in [1.82, 2.24) is 4.98 Å². The van der Waals surface area contributed by atoms with Gasteiger partial charge in [-0.05, 0) is 86.7 Å². The van der Waals surface area contributed by atoms with E-state index in [1.54, 1.807) is 17.9 Å². The molecule has 1 aromatic heterocycles. The number of benzene rings is 2. The van der Waals surface area contributed by atoms with Gasteiger partial charge in [-0.15, -0.1) is 0 Å². The minimum Gasteiger partial charge on any atom is -0.357 e. The number of pyridine rings is 1. The number of aromatic nitrogens is 1. The van der Waals surface area contributed by atoms with Crippen LogP contribution in [0.3, 0.4) is 0 Å². The van der Waals surface area contributed by atoms with Gasteiger partial charge >= 0.3 is 12.4 Å². The van der Waals surface area contributed by atoms with E-state index < -0.39 is 61.6 Å². The topological polar surface area (TPSA) is 90.8 Å². The maximum absolute atomic E-state index is 14.0. The molecule has 1 aliphatic heterocycles. The van der Waals surface area contributed by atoms with E-state index in [0.29, 0.717) is 34.6 Å². The summed E-state index contributed by atoms with van der Waals surface area (Å²) >= 11 is 0. The number of nitrogens with zero attached hydrogens (tertiary/aromatic N) is 3. The van der Waals surface area contributed by atoms with Crippen molar-refractivity contribution in [1.29, 1.82) is 0 Å². The van der Waals surface area contributed by atoms with E-state index in [-0.39, 0.29) is 37.7 Å². The summed E-state index contributed by atoms with van der Waals surface area (Å²) in [6.07, 6.45) is -8.66. The molecule has 0 saturated carbocycles. The lowest BCUT2D eigenvalue weighted by Gasteiger charge is -2.34. The first-order valence-corrected chi connectivity index (χ1v) is 15.2. The predicted molar refractivity (Wildman–Crippen MR) is 154 cm³/mol. The summed E-state index contributed by atoms with van der Waals surface area (Å²) in [6.45, 7) is 4.49. The molecule has 2 aromatic carbocycles. The first-order chi connectivity index (χ1) is 20.6. The fourth-order valence-corrected chi connectivity index (χ4v) is 6.18. The van der Waals surface area contributed by atoms with Crippen molar-refractivity contribution in [3.63, 3.8) is 0 Å². The highest BCUT2D eigenvalue weighted by Crippen LogP contribution is 2.41. The molecule has 0 bridgehead atoms. The summed E-state index contributed by atoms with van der Waals surface area (Å²) in [5.41, 5.74) is -4.06. The fourth-order valence-electron chi connectivity index (χ4n) is 5.37. The van der Waals surface area contributed by atoms with Crippen LogP contribution < -0.4 is 9.80 Å². The third-order valence-electron chi connectivity index (χ3n) is 8.04. The molecule has 7 nitrogen and oxygen atoms in total. The van der Waals surface area contributed by atoms with E-state index in [4.69, 9.17) is 0 Å². The molecule has 244 valence electrons. The molecule has 0 aliphatic carbocycles. The summed E-state index contributed by atoms with van der Waals surface area (Å²) in [5.74, 6) is -1.01. The number of carbonyl (C=O) groups is 1. The molecule has 0 atom stereocenters. The fraction of sp³-hybridized carbons (Fsp3) is 0.400. The lowest BCUT2D eigenvalue weighted by Crippen LogP contribution is -2.42. The van der Waals surface area contributed by atoms with Crippen LogP contribution in [0, 0.1) is 12.7 Å². The van der Waals surface area contributed by atoms with Crippen LogP contribution in [-0.2, 0) is 32.7 Å². The van der Waals surface area contributed by atoms with E-state index >= 15 is 0 Å². The van der Waals surface area contributed by atoms with Gasteiger partial charge in [-0.3, -0.25) is 9.35 Å². The zero-order valence-corrected chi connectivity index (χ0v) is 25.4. The molecule has 0 spiro atoms. The normalized spacial score (nSPS) is 15.3. The highest BCUT2D eigenvalue weighted by atomic mass is 32.2. The molecule has 1 fully saturated rings. The number of hydrogen-bond donors (Lipinski definition) is 1. The number of piperidine rings is 1. The second-order valence-corrected chi connectivity index (χ2v) is 13.2. The largest absolute Gasteiger partial charge is 0.416 e. The number of aryl methyl sites for hydroxylation is 1. The van der Waals surface area contributed by atoms with Crippen molar-refractivity contribution in [2.75, 3.05) is 29.9 Å². The van der Waals surface area contributed by atoms with Gasteiger partial charge in [-0.1, -0.05) is 6.07 Å². The Morgan fingerprint density at radius 1 is 0.911 bits per heavy atom. The van der Waals surface area contributed by atoms with Crippen molar-refractivity contribution >= 4 is 27.5 Å². The first kappa shape index (κ1) is 34.2. The minimum absolute atomic E-state index is 0.00932. The van der Waals surface area contributed by atoms with Crippen LogP contribution >= 0.6 is 0 Å². The van der Waals surface area contributed by atoms with Crippen LogP contribution in [0.25, 0.3) is 11.1 Å². The standard InChI is InChI=1S/C30H30F7N3O4S/c1-17-11-21(31)5-6-23(17)24-15-26(40-9-7-22(8-10-40)45(42,43)44)38-16-25(24)39(4)27(41)28(2,3)18-12-19(29(32,33)34)14-20(13-18)30(35,36)37/h5-6,11-16,22H,7-10H2,1-4H3,(H,42,43,44). The number of hydrogen-bond acceptors (Lipinski definition) is 5. The molecular weight excluding hydrogens is 631 g/mol. The van der Waals surface area contributed by atoms with Gasteiger partial charge in [0.25, 0.3) is 10.1 Å². The van der Waals surface area contributed by atoms with E-state index in [9.17, 15) is 48.5 Å². The Hall–Kier alpha value is -3.72. The molecule has 0 radical (unpaired) electrons. The van der Waals surface area contributed by atoms with Crippen molar-refractivity contribution in [3.05, 3.63) is 76.7 Å². The molecule has 45 heavy (non-hydrogen) atoms. The van der Waals surface area contributed by atoms with Gasteiger partial charge in [0, 0.05) is 25.7 Å². The highest BCUT2D eigenvalue weighted by molar-refractivity contribution is 7.86. The van der Waals surface area contributed by atoms with Crippen LogP contribution in [0.2, 0.25) is 0 Å². The summed E-state index contributed by atoms with van der Waals surface area (Å²) in [6, 6.07) is 6.52. The second-order valence-electron chi connectivity index (χ2n) is 11.5. The maximum atomic E-state index is 14.0. The Bertz CT molecular complexity index is 1680. The number of halogens is 7. The van der Waals surface area contributed by atoms with Gasteiger partial charge in [0.2, 0.25) is 5.91 Å². The monoisotopic (exact) mass is 661 g/mol. The van der Waals surface area contributed by atoms with Crippen molar-refractivity contribution in [2.45, 2.75) is 56.6 Å². The number of amides is 1. The number of likely N-dealkylation sites (N-methyl/N-ethyl adjacent to an activating group) is 1. The van der Waals surface area contributed by atoms with Crippen LogP contribution in [0.1, 0.15) is 48.9 Å². The lowest BCUT2D eigenvalue weighted by atomic mass is 9.81. The van der Waals surface area contributed by atoms with Crippen molar-refractivity contribution in [3.8, 4) is 11.1 Å². The number of anilines is 2. The number of alkyl halides is 6. The molecule has 1 N–H and O–H groups in total. The van der Waals surface area contributed by atoms with Gasteiger partial charge in [0.1, 0.15) is 11.6 Å². The van der Waals surface area contributed by atoms with Gasteiger partial charge in [0.05, 0.1) is 33.7 Å². The van der Waals surface area contributed by atoms with Crippen LogP contribution in [0.5, 0.6) is 0 Å². The van der Waals surface area contributed by atoms with E-state index in [1.165, 1.54) is 45.3 Å². The molecule has 1 amide bonds. The molecule has 1 aliphatic rings. The lowest BCUT2D eigenvalue weighted by molar-refractivity contribution is -0.143. The van der Waals surface area contributed by atoms with Crippen LogP contribution in [0.15, 0.2) is 48.7 Å². The quantitative estimate of drug-likeness (QED) is 0.225. The summed E-state index contributed by atoms with van der Waals surface area (Å²) in [7, 11) is -2.93. The van der Waals surface area contributed by atoms with Crippen LogP contribution in [-0.4, -0.2) is 49.2 Å². The first-order valence-electron chi connectivity index (χ1n) is 13.7. The maximum Gasteiger partial charge on any atom is 0.416 e. The van der Waals surface area contributed by atoms with Gasteiger partial charge in [-0.2, -0.15) is 34.8 Å². The Morgan fingerprint density at radius 3 is 1.93 bits per heavy atom. The van der Waals surface area contributed by atoms with Gasteiger partial charge in [0.15, 0.2) is 0 Å². The molecule has 1 saturated heterocycles. The van der Waals surface area contributed by atoms with E-state index in [2.05, 4.69) is 4.98 Å². The Labute approximate surface area is 255 Å². The van der Waals surface area contributed by atoms with Gasteiger partial charge < -0.3 is 9.80 Å². The number of rotatable bonds is 6. The van der Waals surface area contributed by atoms with E-state index in [1.807, 2.05) is 0 Å². The Kier molecular flexibility index (Phi) is 9.03. The average Bonchev–Trinajstić information content (AvgIpc) is 2.94. The second kappa shape index (κ2) is 11.9. The zero-order valence-electron chi connectivity index (χ0n) is 24.6. The molecule has 0 unspecified atom stereocenters. The zero-order chi connectivity index (χ0) is 33.7. The van der Waals surface area contributed by atoms with Crippen LogP contribution in [0.4, 0.5) is 42.2 Å². The predicted octanol–water partition coefficient (Wildman–Crippen LogP) is 7.03. The molecule has 3 aromatic rings. The molecule has 15 heteroatoms. The Balaban J connectivity index is 1.79.